The molecule has 0 saturated heterocycles. The second-order valence-electron chi connectivity index (χ2n) is 1.69. The van der Waals surface area contributed by atoms with Gasteiger partial charge in [0.15, 0.2) is 0 Å². The Labute approximate surface area is 44.1 Å². The summed E-state index contributed by atoms with van der Waals surface area (Å²) in [7, 11) is 0. The third kappa shape index (κ3) is 5.45. The zero-order valence-corrected chi connectivity index (χ0v) is 4.73. The van der Waals surface area contributed by atoms with Crippen molar-refractivity contribution in [1.82, 2.24) is 5.32 Å². The van der Waals surface area contributed by atoms with Crippen molar-refractivity contribution in [2.24, 2.45) is 0 Å². The second-order valence-corrected chi connectivity index (χ2v) is 1.69. The van der Waals surface area contributed by atoms with Crippen molar-refractivity contribution < 1.29 is 0 Å². The Bertz CT molecular complexity index is 70.6. The van der Waals surface area contributed by atoms with E-state index in [1.165, 1.54) is 0 Å². The van der Waals surface area contributed by atoms with Gasteiger partial charge in [0, 0.05) is 6.04 Å². The number of nitriles is 1. The third-order valence-electron chi connectivity index (χ3n) is 0.589. The van der Waals surface area contributed by atoms with Gasteiger partial charge >= 0.3 is 0 Å². The van der Waals surface area contributed by atoms with Crippen LogP contribution in [0.3, 0.4) is 0 Å². The maximum absolute atomic E-state index is 8.00. The molecule has 0 amide bonds. The van der Waals surface area contributed by atoms with Crippen LogP contribution in [0, 0.1) is 11.3 Å². The Morgan fingerprint density at radius 1 is 1.71 bits per heavy atom. The van der Waals surface area contributed by atoms with Gasteiger partial charge < -0.3 is 5.32 Å². The molecule has 0 unspecified atom stereocenters. The van der Waals surface area contributed by atoms with E-state index >= 15 is 0 Å². The molecule has 1 N–H and O–H groups in total. The Morgan fingerprint density at radius 3 is 2.43 bits per heavy atom. The van der Waals surface area contributed by atoms with Gasteiger partial charge in [0.1, 0.15) is 0 Å². The van der Waals surface area contributed by atoms with E-state index in [4.69, 9.17) is 5.26 Å². The van der Waals surface area contributed by atoms with Gasteiger partial charge in [0.25, 0.3) is 0 Å². The summed E-state index contributed by atoms with van der Waals surface area (Å²) in [6.07, 6.45) is 0. The molecule has 0 heterocycles. The molecule has 0 aliphatic carbocycles. The zero-order valence-electron chi connectivity index (χ0n) is 4.73. The summed E-state index contributed by atoms with van der Waals surface area (Å²) < 4.78 is 0. The highest BCUT2D eigenvalue weighted by Crippen LogP contribution is 1.70. The fourth-order valence-electron chi connectivity index (χ4n) is 0.250. The summed E-state index contributed by atoms with van der Waals surface area (Å²) in [4.78, 5) is 0. The number of nitrogens with zero attached hydrogens (tertiary/aromatic N) is 1. The zero-order chi connectivity index (χ0) is 5.70. The van der Waals surface area contributed by atoms with Crippen molar-refractivity contribution in [3.63, 3.8) is 0 Å². The van der Waals surface area contributed by atoms with Crippen LogP contribution in [0.25, 0.3) is 0 Å². The van der Waals surface area contributed by atoms with Crippen molar-refractivity contribution in [2.45, 2.75) is 19.9 Å². The van der Waals surface area contributed by atoms with Crippen LogP contribution in [-0.4, -0.2) is 12.6 Å². The number of nitrogens with one attached hydrogen (secondary N) is 1. The summed E-state index contributed by atoms with van der Waals surface area (Å²) in [6.45, 7) is 4.48. The van der Waals surface area contributed by atoms with E-state index in [-0.39, 0.29) is 0 Å². The van der Waals surface area contributed by atoms with Crippen LogP contribution in [-0.2, 0) is 0 Å². The SMILES string of the molecule is CC(C)NCC#N. The lowest BCUT2D eigenvalue weighted by molar-refractivity contribution is 0.636. The molecule has 0 aliphatic rings. The Morgan fingerprint density at radius 2 is 2.29 bits per heavy atom. The Hall–Kier alpha value is -0.550. The molecule has 0 radical (unpaired) electrons. The molecule has 0 aromatic rings. The summed E-state index contributed by atoms with van der Waals surface area (Å²) in [5.41, 5.74) is 0. The first-order chi connectivity index (χ1) is 3.27. The van der Waals surface area contributed by atoms with Gasteiger partial charge in [-0.25, -0.2) is 0 Å². The maximum Gasteiger partial charge on any atom is 0.0842 e. The molecule has 7 heavy (non-hydrogen) atoms. The van der Waals surface area contributed by atoms with Crippen LogP contribution in [0.1, 0.15) is 13.8 Å². The van der Waals surface area contributed by atoms with Crippen molar-refractivity contribution in [1.29, 1.82) is 5.26 Å². The fourth-order valence-corrected chi connectivity index (χ4v) is 0.250. The minimum Gasteiger partial charge on any atom is -0.302 e. The van der Waals surface area contributed by atoms with Crippen LogP contribution < -0.4 is 5.32 Å². The van der Waals surface area contributed by atoms with Gasteiger partial charge in [-0.1, -0.05) is 0 Å². The van der Waals surface area contributed by atoms with Crippen molar-refractivity contribution in [3.05, 3.63) is 0 Å². The molecular weight excluding hydrogens is 88.1 g/mol. The van der Waals surface area contributed by atoms with E-state index in [2.05, 4.69) is 5.32 Å². The monoisotopic (exact) mass is 98.1 g/mol. The van der Waals surface area contributed by atoms with Crippen LogP contribution in [0.5, 0.6) is 0 Å². The number of hydrogen-bond donors (Lipinski definition) is 1. The highest BCUT2D eigenvalue weighted by atomic mass is 14.9. The fraction of sp³-hybridized carbons (Fsp3) is 0.800. The van der Waals surface area contributed by atoms with E-state index in [0.29, 0.717) is 12.6 Å². The van der Waals surface area contributed by atoms with Crippen LogP contribution in [0.15, 0.2) is 0 Å². The smallest absolute Gasteiger partial charge is 0.0842 e. The molecule has 2 heteroatoms. The average molecular weight is 98.1 g/mol. The van der Waals surface area contributed by atoms with E-state index in [9.17, 15) is 0 Å². The molecular formula is C5H10N2. The van der Waals surface area contributed by atoms with Crippen molar-refractivity contribution >= 4 is 0 Å². The normalized spacial score (nSPS) is 8.86. The molecule has 40 valence electrons. The summed E-state index contributed by atoms with van der Waals surface area (Å²) in [6, 6.07) is 2.42. The highest BCUT2D eigenvalue weighted by Gasteiger charge is 1.85. The van der Waals surface area contributed by atoms with Crippen LogP contribution in [0.4, 0.5) is 0 Å². The van der Waals surface area contributed by atoms with Gasteiger partial charge in [-0.2, -0.15) is 5.26 Å². The van der Waals surface area contributed by atoms with Crippen molar-refractivity contribution in [2.75, 3.05) is 6.54 Å². The molecule has 0 aromatic heterocycles. The largest absolute Gasteiger partial charge is 0.302 e. The average Bonchev–Trinajstić information content (AvgIpc) is 1.61. The first-order valence-corrected chi connectivity index (χ1v) is 2.37. The third-order valence-corrected chi connectivity index (χ3v) is 0.589. The minimum absolute atomic E-state index is 0.430. The lowest BCUT2D eigenvalue weighted by atomic mass is 10.4. The van der Waals surface area contributed by atoms with Gasteiger partial charge in [0.05, 0.1) is 12.6 Å². The second kappa shape index (κ2) is 3.63. The maximum atomic E-state index is 8.00. The summed E-state index contributed by atoms with van der Waals surface area (Å²) >= 11 is 0. The van der Waals surface area contributed by atoms with Crippen molar-refractivity contribution in [3.8, 4) is 6.07 Å². The lowest BCUT2D eigenvalue weighted by Crippen LogP contribution is -2.22. The van der Waals surface area contributed by atoms with Gasteiger partial charge in [-0.3, -0.25) is 0 Å². The van der Waals surface area contributed by atoms with E-state index in [0.717, 1.165) is 0 Å². The molecule has 2 nitrogen and oxygen atoms in total. The standard InChI is InChI=1S/C5H10N2/c1-5(2)7-4-3-6/h5,7H,4H2,1-2H3. The Kier molecular flexibility index (Phi) is 3.35. The molecule has 0 atom stereocenters. The molecule has 0 saturated carbocycles. The molecule has 0 fully saturated rings. The molecule has 0 bridgehead atoms. The molecule has 0 spiro atoms. The summed E-state index contributed by atoms with van der Waals surface area (Å²) in [5.74, 6) is 0. The van der Waals surface area contributed by atoms with E-state index in [1.807, 2.05) is 19.9 Å². The van der Waals surface area contributed by atoms with E-state index < -0.39 is 0 Å². The minimum atomic E-state index is 0.430. The quantitative estimate of drug-likeness (QED) is 0.511. The highest BCUT2D eigenvalue weighted by molar-refractivity contribution is 4.73. The molecule has 0 aromatic carbocycles. The first kappa shape index (κ1) is 6.45. The molecule has 0 aliphatic heterocycles. The Balaban J connectivity index is 2.86. The molecule has 0 rings (SSSR count). The number of rotatable bonds is 2. The topological polar surface area (TPSA) is 35.8 Å². The van der Waals surface area contributed by atoms with Crippen LogP contribution >= 0.6 is 0 Å². The van der Waals surface area contributed by atoms with Gasteiger partial charge in [-0.05, 0) is 13.8 Å². The number of hydrogen-bond acceptors (Lipinski definition) is 2. The summed E-state index contributed by atoms with van der Waals surface area (Å²) in [5, 5.41) is 10.9. The lowest BCUT2D eigenvalue weighted by Gasteiger charge is -1.99. The van der Waals surface area contributed by atoms with Gasteiger partial charge in [-0.15, -0.1) is 0 Å². The van der Waals surface area contributed by atoms with Gasteiger partial charge in [0.2, 0.25) is 0 Å². The van der Waals surface area contributed by atoms with Crippen LogP contribution in [0.2, 0.25) is 0 Å². The predicted octanol–water partition coefficient (Wildman–Crippen LogP) is 0.508. The predicted molar refractivity (Wildman–Crippen MR) is 28.8 cm³/mol. The van der Waals surface area contributed by atoms with E-state index in [1.54, 1.807) is 0 Å². The first-order valence-electron chi connectivity index (χ1n) is 2.37.